The first-order chi connectivity index (χ1) is 11.1. The second-order valence-corrected chi connectivity index (χ2v) is 6.68. The molecule has 0 radical (unpaired) electrons. The Morgan fingerprint density at radius 1 is 1.17 bits per heavy atom. The molecule has 0 aromatic rings. The molecule has 0 unspecified atom stereocenters. The molecule has 132 valence electrons. The van der Waals surface area contributed by atoms with E-state index in [-0.39, 0.29) is 17.9 Å². The summed E-state index contributed by atoms with van der Waals surface area (Å²) < 4.78 is 4.99. The Balaban J connectivity index is 1.70. The second-order valence-electron chi connectivity index (χ2n) is 6.68. The van der Waals surface area contributed by atoms with Crippen molar-refractivity contribution in [3.8, 4) is 0 Å². The SMILES string of the molecule is COCCCC(=O)N1CCN([C@@H](C)C(=O)NC2CCCC2)CC1. The molecule has 2 aliphatic rings. The van der Waals surface area contributed by atoms with E-state index in [4.69, 9.17) is 4.74 Å². The molecule has 6 heteroatoms. The average Bonchev–Trinajstić information content (AvgIpc) is 3.07. The third kappa shape index (κ3) is 5.46. The zero-order valence-electron chi connectivity index (χ0n) is 14.6. The number of nitrogens with one attached hydrogen (secondary N) is 1. The molecule has 1 aliphatic heterocycles. The molecule has 1 aliphatic carbocycles. The first-order valence-corrected chi connectivity index (χ1v) is 8.93. The summed E-state index contributed by atoms with van der Waals surface area (Å²) in [5.74, 6) is 0.335. The van der Waals surface area contributed by atoms with E-state index in [0.717, 1.165) is 32.4 Å². The van der Waals surface area contributed by atoms with Crippen LogP contribution in [0.1, 0.15) is 45.4 Å². The zero-order valence-corrected chi connectivity index (χ0v) is 14.6. The third-order valence-corrected chi connectivity index (χ3v) is 5.03. The molecule has 1 heterocycles. The molecule has 0 spiro atoms. The summed E-state index contributed by atoms with van der Waals surface area (Å²) >= 11 is 0. The van der Waals surface area contributed by atoms with Gasteiger partial charge in [0.1, 0.15) is 0 Å². The van der Waals surface area contributed by atoms with Crippen LogP contribution in [0.5, 0.6) is 0 Å². The minimum atomic E-state index is -0.110. The third-order valence-electron chi connectivity index (χ3n) is 5.03. The number of carbonyl (C=O) groups is 2. The Labute approximate surface area is 139 Å². The fourth-order valence-corrected chi connectivity index (χ4v) is 3.44. The van der Waals surface area contributed by atoms with E-state index in [1.54, 1.807) is 7.11 Å². The van der Waals surface area contributed by atoms with Crippen molar-refractivity contribution in [1.82, 2.24) is 15.1 Å². The standard InChI is InChI=1S/C17H31N3O3/c1-14(17(22)18-15-6-3-4-7-15)19-9-11-20(12-10-19)16(21)8-5-13-23-2/h14-15H,3-13H2,1-2H3,(H,18,22)/t14-/m0/s1. The second kappa shape index (κ2) is 9.23. The van der Waals surface area contributed by atoms with Gasteiger partial charge in [0.2, 0.25) is 11.8 Å². The highest BCUT2D eigenvalue weighted by Crippen LogP contribution is 2.18. The smallest absolute Gasteiger partial charge is 0.237 e. The Morgan fingerprint density at radius 3 is 2.43 bits per heavy atom. The molecule has 2 rings (SSSR count). The molecule has 1 atom stereocenters. The fraction of sp³-hybridized carbons (Fsp3) is 0.882. The maximum atomic E-state index is 12.3. The first-order valence-electron chi connectivity index (χ1n) is 8.93. The molecule has 0 aromatic heterocycles. The van der Waals surface area contributed by atoms with Gasteiger partial charge in [0, 0.05) is 52.4 Å². The normalized spacial score (nSPS) is 21.4. The Morgan fingerprint density at radius 2 is 1.83 bits per heavy atom. The van der Waals surface area contributed by atoms with Crippen molar-refractivity contribution >= 4 is 11.8 Å². The Kier molecular flexibility index (Phi) is 7.30. The van der Waals surface area contributed by atoms with Gasteiger partial charge in [-0.3, -0.25) is 14.5 Å². The minimum absolute atomic E-state index is 0.110. The van der Waals surface area contributed by atoms with E-state index in [1.165, 1.54) is 12.8 Å². The first kappa shape index (κ1) is 18.2. The van der Waals surface area contributed by atoms with E-state index in [1.807, 2.05) is 11.8 Å². The van der Waals surface area contributed by atoms with Gasteiger partial charge in [-0.2, -0.15) is 0 Å². The number of hydrogen-bond acceptors (Lipinski definition) is 4. The molecule has 23 heavy (non-hydrogen) atoms. The highest BCUT2D eigenvalue weighted by atomic mass is 16.5. The van der Waals surface area contributed by atoms with Crippen LogP contribution in [-0.2, 0) is 14.3 Å². The van der Waals surface area contributed by atoms with E-state index < -0.39 is 0 Å². The van der Waals surface area contributed by atoms with E-state index >= 15 is 0 Å². The average molecular weight is 325 g/mol. The summed E-state index contributed by atoms with van der Waals surface area (Å²) in [7, 11) is 1.65. The lowest BCUT2D eigenvalue weighted by atomic mass is 10.1. The molecule has 1 saturated heterocycles. The summed E-state index contributed by atoms with van der Waals surface area (Å²) in [6.45, 7) is 5.58. The highest BCUT2D eigenvalue weighted by Gasteiger charge is 2.28. The number of ether oxygens (including phenoxy) is 1. The number of rotatable bonds is 7. The summed E-state index contributed by atoms with van der Waals surface area (Å²) in [5, 5.41) is 3.17. The maximum Gasteiger partial charge on any atom is 0.237 e. The molecule has 1 saturated carbocycles. The van der Waals surface area contributed by atoms with Gasteiger partial charge in [-0.15, -0.1) is 0 Å². The number of nitrogens with zero attached hydrogens (tertiary/aromatic N) is 2. The van der Waals surface area contributed by atoms with Gasteiger partial charge in [-0.25, -0.2) is 0 Å². The maximum absolute atomic E-state index is 12.3. The van der Waals surface area contributed by atoms with Crippen molar-refractivity contribution < 1.29 is 14.3 Å². The molecule has 6 nitrogen and oxygen atoms in total. The van der Waals surface area contributed by atoms with Crippen LogP contribution in [0.25, 0.3) is 0 Å². The van der Waals surface area contributed by atoms with Crippen LogP contribution in [0.2, 0.25) is 0 Å². The molecule has 0 aromatic carbocycles. The van der Waals surface area contributed by atoms with Crippen LogP contribution in [0.4, 0.5) is 0 Å². The van der Waals surface area contributed by atoms with Crippen molar-refractivity contribution in [2.75, 3.05) is 39.9 Å². The van der Waals surface area contributed by atoms with Gasteiger partial charge in [-0.1, -0.05) is 12.8 Å². The highest BCUT2D eigenvalue weighted by molar-refractivity contribution is 5.81. The zero-order chi connectivity index (χ0) is 16.7. The topological polar surface area (TPSA) is 61.9 Å². The van der Waals surface area contributed by atoms with Crippen molar-refractivity contribution in [3.63, 3.8) is 0 Å². The Bertz CT molecular complexity index is 389. The summed E-state index contributed by atoms with van der Waals surface area (Å²) in [6.07, 6.45) is 6.00. The van der Waals surface area contributed by atoms with E-state index in [2.05, 4.69) is 10.2 Å². The predicted molar refractivity (Wildman–Crippen MR) is 89.1 cm³/mol. The van der Waals surface area contributed by atoms with E-state index in [9.17, 15) is 9.59 Å². The number of carbonyl (C=O) groups excluding carboxylic acids is 2. The quantitative estimate of drug-likeness (QED) is 0.710. The lowest BCUT2D eigenvalue weighted by Crippen LogP contribution is -2.55. The summed E-state index contributed by atoms with van der Waals surface area (Å²) in [4.78, 5) is 28.5. The molecular weight excluding hydrogens is 294 g/mol. The van der Waals surface area contributed by atoms with Crippen LogP contribution >= 0.6 is 0 Å². The fourth-order valence-electron chi connectivity index (χ4n) is 3.44. The van der Waals surface area contributed by atoms with Gasteiger partial charge < -0.3 is 15.0 Å². The van der Waals surface area contributed by atoms with Gasteiger partial charge in [0.25, 0.3) is 0 Å². The Hall–Kier alpha value is -1.14. The van der Waals surface area contributed by atoms with Crippen LogP contribution < -0.4 is 5.32 Å². The van der Waals surface area contributed by atoms with Gasteiger partial charge in [0.15, 0.2) is 0 Å². The molecule has 0 bridgehead atoms. The lowest BCUT2D eigenvalue weighted by Gasteiger charge is -2.37. The van der Waals surface area contributed by atoms with Crippen LogP contribution in [-0.4, -0.2) is 73.6 Å². The number of methoxy groups -OCH3 is 1. The van der Waals surface area contributed by atoms with Gasteiger partial charge >= 0.3 is 0 Å². The van der Waals surface area contributed by atoms with Crippen molar-refractivity contribution in [2.45, 2.75) is 57.5 Å². The monoisotopic (exact) mass is 325 g/mol. The minimum Gasteiger partial charge on any atom is -0.385 e. The number of hydrogen-bond donors (Lipinski definition) is 1. The van der Waals surface area contributed by atoms with Crippen molar-refractivity contribution in [1.29, 1.82) is 0 Å². The number of piperazine rings is 1. The largest absolute Gasteiger partial charge is 0.385 e. The molecule has 1 N–H and O–H groups in total. The van der Waals surface area contributed by atoms with Gasteiger partial charge in [-0.05, 0) is 26.2 Å². The van der Waals surface area contributed by atoms with Crippen LogP contribution in [0.3, 0.4) is 0 Å². The van der Waals surface area contributed by atoms with Crippen molar-refractivity contribution in [2.24, 2.45) is 0 Å². The molecular formula is C17H31N3O3. The van der Waals surface area contributed by atoms with Crippen molar-refractivity contribution in [3.05, 3.63) is 0 Å². The van der Waals surface area contributed by atoms with Gasteiger partial charge in [0.05, 0.1) is 6.04 Å². The van der Waals surface area contributed by atoms with E-state index in [0.29, 0.717) is 32.2 Å². The van der Waals surface area contributed by atoms with Crippen LogP contribution in [0, 0.1) is 0 Å². The molecule has 2 amide bonds. The predicted octanol–water partition coefficient (Wildman–Crippen LogP) is 1.00. The number of amides is 2. The molecule has 2 fully saturated rings. The summed E-state index contributed by atoms with van der Waals surface area (Å²) in [5.41, 5.74) is 0. The lowest BCUT2D eigenvalue weighted by molar-refractivity contribution is -0.134. The van der Waals surface area contributed by atoms with Crippen LogP contribution in [0.15, 0.2) is 0 Å². The summed E-state index contributed by atoms with van der Waals surface area (Å²) in [6, 6.07) is 0.259.